The summed E-state index contributed by atoms with van der Waals surface area (Å²) >= 11 is 1.48. The fraction of sp³-hybridized carbons (Fsp3) is 0.500. The quantitative estimate of drug-likeness (QED) is 0.738. The standard InChI is InChI=1S/C10H15N3OS/c1-14-10-4-9(15-13-10)3-7-2-8(11)6-12-5-7/h2,4,8,12H,3,5-6,11H2,1H3. The number of methoxy groups -OCH3 is 1. The van der Waals surface area contributed by atoms with Crippen molar-refractivity contribution in [1.29, 1.82) is 0 Å². The Hall–Kier alpha value is -0.910. The fourth-order valence-corrected chi connectivity index (χ4v) is 2.38. The molecule has 4 nitrogen and oxygen atoms in total. The minimum absolute atomic E-state index is 0.142. The first-order valence-corrected chi connectivity index (χ1v) is 5.70. The van der Waals surface area contributed by atoms with E-state index in [4.69, 9.17) is 10.5 Å². The Balaban J connectivity index is 2.01. The average molecular weight is 225 g/mol. The molecule has 0 fully saturated rings. The molecule has 1 aromatic rings. The highest BCUT2D eigenvalue weighted by Crippen LogP contribution is 2.19. The van der Waals surface area contributed by atoms with E-state index in [0.717, 1.165) is 19.5 Å². The van der Waals surface area contributed by atoms with Gasteiger partial charge in [-0.2, -0.15) is 4.37 Å². The van der Waals surface area contributed by atoms with Crippen LogP contribution in [-0.2, 0) is 6.42 Å². The summed E-state index contributed by atoms with van der Waals surface area (Å²) in [6.07, 6.45) is 3.06. The highest BCUT2D eigenvalue weighted by atomic mass is 32.1. The van der Waals surface area contributed by atoms with Gasteiger partial charge in [0.2, 0.25) is 5.88 Å². The molecule has 2 rings (SSSR count). The summed E-state index contributed by atoms with van der Waals surface area (Å²) in [6.45, 7) is 1.80. The van der Waals surface area contributed by atoms with Crippen molar-refractivity contribution in [2.75, 3.05) is 20.2 Å². The lowest BCUT2D eigenvalue weighted by atomic mass is 10.1. The van der Waals surface area contributed by atoms with Crippen LogP contribution in [0.1, 0.15) is 4.88 Å². The Morgan fingerprint density at radius 3 is 3.27 bits per heavy atom. The minimum Gasteiger partial charge on any atom is -0.480 e. The Morgan fingerprint density at radius 1 is 1.73 bits per heavy atom. The highest BCUT2D eigenvalue weighted by Gasteiger charge is 2.11. The molecule has 0 saturated heterocycles. The van der Waals surface area contributed by atoms with E-state index in [1.165, 1.54) is 22.0 Å². The largest absolute Gasteiger partial charge is 0.480 e. The van der Waals surface area contributed by atoms with Gasteiger partial charge in [0.05, 0.1) is 7.11 Å². The predicted octanol–water partition coefficient (Wildman–Crippen LogP) is 0.551. The molecule has 1 atom stereocenters. The van der Waals surface area contributed by atoms with Crippen LogP contribution in [0, 0.1) is 0 Å². The van der Waals surface area contributed by atoms with E-state index in [1.807, 2.05) is 6.07 Å². The zero-order chi connectivity index (χ0) is 10.7. The predicted molar refractivity (Wildman–Crippen MR) is 61.3 cm³/mol. The van der Waals surface area contributed by atoms with E-state index in [2.05, 4.69) is 15.8 Å². The van der Waals surface area contributed by atoms with Gasteiger partial charge in [0.25, 0.3) is 0 Å². The van der Waals surface area contributed by atoms with Gasteiger partial charge in [-0.3, -0.25) is 0 Å². The van der Waals surface area contributed by atoms with E-state index >= 15 is 0 Å². The van der Waals surface area contributed by atoms with Crippen molar-refractivity contribution in [3.63, 3.8) is 0 Å². The molecule has 0 aromatic carbocycles. The molecule has 0 aliphatic carbocycles. The van der Waals surface area contributed by atoms with Crippen LogP contribution in [0.25, 0.3) is 0 Å². The molecule has 0 radical (unpaired) electrons. The summed E-state index contributed by atoms with van der Waals surface area (Å²) in [5, 5.41) is 3.29. The molecule has 0 bridgehead atoms. The van der Waals surface area contributed by atoms with E-state index < -0.39 is 0 Å². The molecule has 1 unspecified atom stereocenters. The molecule has 0 amide bonds. The molecule has 0 saturated carbocycles. The van der Waals surface area contributed by atoms with Gasteiger partial charge in [-0.15, -0.1) is 0 Å². The number of nitrogens with one attached hydrogen (secondary N) is 1. The zero-order valence-electron chi connectivity index (χ0n) is 8.69. The lowest BCUT2D eigenvalue weighted by molar-refractivity contribution is 0.402. The summed E-state index contributed by atoms with van der Waals surface area (Å²) in [7, 11) is 1.64. The van der Waals surface area contributed by atoms with Crippen LogP contribution >= 0.6 is 11.5 Å². The molecule has 3 N–H and O–H groups in total. The van der Waals surface area contributed by atoms with Gasteiger partial charge in [-0.25, -0.2) is 0 Å². The smallest absolute Gasteiger partial charge is 0.225 e. The Kier molecular flexibility index (Phi) is 3.35. The molecular weight excluding hydrogens is 210 g/mol. The number of ether oxygens (including phenoxy) is 1. The molecule has 1 aliphatic rings. The second-order valence-electron chi connectivity index (χ2n) is 3.63. The van der Waals surface area contributed by atoms with Crippen molar-refractivity contribution >= 4 is 11.5 Å². The molecule has 1 aliphatic heterocycles. The molecule has 2 heterocycles. The number of aromatic nitrogens is 1. The fourth-order valence-electron chi connectivity index (χ4n) is 1.64. The second-order valence-corrected chi connectivity index (χ2v) is 4.52. The summed E-state index contributed by atoms with van der Waals surface area (Å²) < 4.78 is 9.20. The third-order valence-corrected chi connectivity index (χ3v) is 3.10. The number of hydrogen-bond acceptors (Lipinski definition) is 5. The summed E-state index contributed by atoms with van der Waals surface area (Å²) in [5.41, 5.74) is 7.17. The Morgan fingerprint density at radius 2 is 2.60 bits per heavy atom. The normalized spacial score (nSPS) is 21.2. The Bertz CT molecular complexity index is 361. The second kappa shape index (κ2) is 4.74. The first-order chi connectivity index (χ1) is 7.28. The van der Waals surface area contributed by atoms with Crippen LogP contribution in [0.15, 0.2) is 17.7 Å². The highest BCUT2D eigenvalue weighted by molar-refractivity contribution is 7.05. The SMILES string of the molecule is COc1cc(CC2=CC(N)CNC2)sn1. The van der Waals surface area contributed by atoms with Crippen molar-refractivity contribution in [2.45, 2.75) is 12.5 Å². The van der Waals surface area contributed by atoms with Gasteiger partial charge in [0.15, 0.2) is 0 Å². The van der Waals surface area contributed by atoms with E-state index in [9.17, 15) is 0 Å². The minimum atomic E-state index is 0.142. The summed E-state index contributed by atoms with van der Waals surface area (Å²) in [6, 6.07) is 2.12. The molecule has 1 aromatic heterocycles. The topological polar surface area (TPSA) is 60.2 Å². The Labute approximate surface area is 93.3 Å². The van der Waals surface area contributed by atoms with Gasteiger partial charge in [-0.1, -0.05) is 11.6 Å². The van der Waals surface area contributed by atoms with Crippen molar-refractivity contribution in [2.24, 2.45) is 5.73 Å². The first kappa shape index (κ1) is 10.6. The van der Waals surface area contributed by atoms with Crippen molar-refractivity contribution in [3.05, 3.63) is 22.6 Å². The third-order valence-electron chi connectivity index (χ3n) is 2.33. The lowest BCUT2D eigenvalue weighted by Gasteiger charge is -2.18. The van der Waals surface area contributed by atoms with Gasteiger partial charge in [-0.05, 0) is 11.5 Å². The van der Waals surface area contributed by atoms with Gasteiger partial charge >= 0.3 is 0 Å². The van der Waals surface area contributed by atoms with Crippen LogP contribution in [0.3, 0.4) is 0 Å². The van der Waals surface area contributed by atoms with Crippen molar-refractivity contribution in [3.8, 4) is 5.88 Å². The number of nitrogens with zero attached hydrogens (tertiary/aromatic N) is 1. The molecule has 15 heavy (non-hydrogen) atoms. The van der Waals surface area contributed by atoms with Crippen LogP contribution in [0.5, 0.6) is 5.88 Å². The average Bonchev–Trinajstić information content (AvgIpc) is 2.65. The maximum Gasteiger partial charge on any atom is 0.225 e. The number of nitrogens with two attached hydrogens (primary N) is 1. The summed E-state index contributed by atoms with van der Waals surface area (Å²) in [4.78, 5) is 1.22. The molecular formula is C10H15N3OS. The molecule has 0 spiro atoms. The summed E-state index contributed by atoms with van der Waals surface area (Å²) in [5.74, 6) is 0.698. The van der Waals surface area contributed by atoms with E-state index in [0.29, 0.717) is 5.88 Å². The van der Waals surface area contributed by atoms with Crippen LogP contribution < -0.4 is 15.8 Å². The van der Waals surface area contributed by atoms with Gasteiger partial charge in [0, 0.05) is 36.5 Å². The van der Waals surface area contributed by atoms with Crippen LogP contribution in [0.2, 0.25) is 0 Å². The maximum atomic E-state index is 5.83. The molecule has 82 valence electrons. The monoisotopic (exact) mass is 225 g/mol. The van der Waals surface area contributed by atoms with Crippen LogP contribution in [-0.4, -0.2) is 30.6 Å². The molecule has 5 heteroatoms. The van der Waals surface area contributed by atoms with Crippen molar-refractivity contribution in [1.82, 2.24) is 9.69 Å². The van der Waals surface area contributed by atoms with Crippen molar-refractivity contribution < 1.29 is 4.74 Å². The number of hydrogen-bond donors (Lipinski definition) is 2. The van der Waals surface area contributed by atoms with E-state index in [-0.39, 0.29) is 6.04 Å². The zero-order valence-corrected chi connectivity index (χ0v) is 9.51. The first-order valence-electron chi connectivity index (χ1n) is 4.93. The third kappa shape index (κ3) is 2.77. The van der Waals surface area contributed by atoms with E-state index in [1.54, 1.807) is 7.11 Å². The van der Waals surface area contributed by atoms with Gasteiger partial charge < -0.3 is 15.8 Å². The van der Waals surface area contributed by atoms with Gasteiger partial charge in [0.1, 0.15) is 0 Å². The lowest BCUT2D eigenvalue weighted by Crippen LogP contribution is -2.38. The number of rotatable bonds is 3. The maximum absolute atomic E-state index is 5.83. The van der Waals surface area contributed by atoms with Crippen LogP contribution in [0.4, 0.5) is 0 Å².